The number of aliphatic hydroxyl groups excluding tert-OH is 1. The molecule has 0 amide bonds. The van der Waals surface area contributed by atoms with Crippen LogP contribution in [-0.2, 0) is 19.3 Å². The first-order valence-corrected chi connectivity index (χ1v) is 10.9. The number of benzene rings is 3. The van der Waals surface area contributed by atoms with Crippen molar-refractivity contribution in [1.82, 2.24) is 10.3 Å². The van der Waals surface area contributed by atoms with Crippen molar-refractivity contribution in [2.45, 2.75) is 30.9 Å². The lowest BCUT2D eigenvalue weighted by Gasteiger charge is -2.32. The molecule has 1 aromatic heterocycles. The quantitative estimate of drug-likeness (QED) is 0.379. The van der Waals surface area contributed by atoms with Crippen LogP contribution in [0.1, 0.15) is 28.4 Å². The Kier molecular flexibility index (Phi) is 5.29. The minimum Gasteiger partial charge on any atom is -0.506 e. The van der Waals surface area contributed by atoms with E-state index in [1.165, 1.54) is 28.8 Å². The van der Waals surface area contributed by atoms with E-state index in [0.717, 1.165) is 19.3 Å². The zero-order chi connectivity index (χ0) is 22.1. The smallest absolute Gasteiger partial charge is 0.248 e. The fourth-order valence-electron chi connectivity index (χ4n) is 4.97. The molecule has 0 saturated carbocycles. The Balaban J connectivity index is 1.42. The molecule has 32 heavy (non-hydrogen) atoms. The Morgan fingerprint density at radius 3 is 2.31 bits per heavy atom. The Morgan fingerprint density at radius 1 is 0.906 bits per heavy atom. The van der Waals surface area contributed by atoms with E-state index in [1.54, 1.807) is 12.1 Å². The number of phenolic OH excluding ortho intramolecular Hbond substituents is 1. The third kappa shape index (κ3) is 3.93. The van der Waals surface area contributed by atoms with Crippen LogP contribution >= 0.6 is 0 Å². The topological polar surface area (TPSA) is 85.3 Å². The fraction of sp³-hybridized carbons (Fsp3) is 0.222. The normalized spacial score (nSPS) is 15.5. The highest BCUT2D eigenvalue weighted by Crippen LogP contribution is 2.34. The molecule has 5 rings (SSSR count). The molecule has 0 spiro atoms. The summed E-state index contributed by atoms with van der Waals surface area (Å²) in [5.41, 5.74) is 4.50. The molecule has 1 atom stereocenters. The number of fused-ring (bicyclic) bond motifs is 2. The molecule has 0 unspecified atom stereocenters. The van der Waals surface area contributed by atoms with Gasteiger partial charge in [-0.1, -0.05) is 60.7 Å². The maximum atomic E-state index is 11.7. The van der Waals surface area contributed by atoms with Crippen molar-refractivity contribution >= 4 is 10.9 Å². The molecule has 4 aromatic rings. The first-order chi connectivity index (χ1) is 15.5. The van der Waals surface area contributed by atoms with Crippen LogP contribution < -0.4 is 10.9 Å². The van der Waals surface area contributed by atoms with E-state index in [-0.39, 0.29) is 16.8 Å². The second-order valence-electron chi connectivity index (χ2n) is 8.75. The second kappa shape index (κ2) is 8.26. The van der Waals surface area contributed by atoms with Crippen LogP contribution in [-0.4, -0.2) is 27.3 Å². The van der Waals surface area contributed by atoms with Crippen molar-refractivity contribution < 1.29 is 10.2 Å². The van der Waals surface area contributed by atoms with Gasteiger partial charge in [-0.25, -0.2) is 0 Å². The predicted molar refractivity (Wildman–Crippen MR) is 126 cm³/mol. The number of hydrogen-bond acceptors (Lipinski definition) is 4. The number of nitrogens with one attached hydrogen (secondary N) is 2. The molecule has 0 saturated heterocycles. The molecule has 162 valence electrons. The monoisotopic (exact) mass is 426 g/mol. The molecule has 1 aliphatic carbocycles. The Labute approximate surface area is 186 Å². The van der Waals surface area contributed by atoms with Crippen molar-refractivity contribution in [3.8, 4) is 5.75 Å². The van der Waals surface area contributed by atoms with Crippen molar-refractivity contribution in [3.63, 3.8) is 0 Å². The van der Waals surface area contributed by atoms with E-state index >= 15 is 0 Å². The summed E-state index contributed by atoms with van der Waals surface area (Å²) in [5.74, 6) is -0.00611. The number of aliphatic hydroxyl groups is 1. The standard InChI is InChI=1S/C27H26N2O3/c30-23-12-10-21(22-11-13-25(32)29-26(22)23)24(31)17-28-27(14-18-6-2-1-3-7-18)15-19-8-4-5-9-20(19)16-27/h1-13,24,28,30-31H,14-17H2,(H,29,32)/t24-/m0/s1. The molecule has 5 nitrogen and oxygen atoms in total. The summed E-state index contributed by atoms with van der Waals surface area (Å²) in [6.45, 7) is 0.361. The van der Waals surface area contributed by atoms with Crippen LogP contribution in [0.3, 0.4) is 0 Å². The van der Waals surface area contributed by atoms with Gasteiger partial charge < -0.3 is 20.5 Å². The molecule has 0 radical (unpaired) electrons. The predicted octanol–water partition coefficient (Wildman–Crippen LogP) is 3.64. The first kappa shape index (κ1) is 20.5. The van der Waals surface area contributed by atoms with Crippen molar-refractivity contribution in [2.75, 3.05) is 6.54 Å². The second-order valence-corrected chi connectivity index (χ2v) is 8.75. The van der Waals surface area contributed by atoms with Crippen molar-refractivity contribution in [3.05, 3.63) is 111 Å². The zero-order valence-corrected chi connectivity index (χ0v) is 17.7. The number of H-pyrrole nitrogens is 1. The van der Waals surface area contributed by atoms with Gasteiger partial charge in [0, 0.05) is 23.5 Å². The Hall–Kier alpha value is -3.41. The zero-order valence-electron chi connectivity index (χ0n) is 17.7. The summed E-state index contributed by atoms with van der Waals surface area (Å²) in [6.07, 6.45) is 1.86. The van der Waals surface area contributed by atoms with Crippen LogP contribution in [0.4, 0.5) is 0 Å². The third-order valence-corrected chi connectivity index (χ3v) is 6.50. The average Bonchev–Trinajstić information content (AvgIpc) is 3.17. The van der Waals surface area contributed by atoms with Gasteiger partial charge in [0.05, 0.1) is 11.6 Å². The summed E-state index contributed by atoms with van der Waals surface area (Å²) in [5, 5.41) is 25.6. The van der Waals surface area contributed by atoms with Crippen LogP contribution in [0.2, 0.25) is 0 Å². The number of pyridine rings is 1. The highest BCUT2D eigenvalue weighted by Gasteiger charge is 2.37. The lowest BCUT2D eigenvalue weighted by atomic mass is 9.87. The summed E-state index contributed by atoms with van der Waals surface area (Å²) in [6, 6.07) is 25.3. The van der Waals surface area contributed by atoms with E-state index in [0.29, 0.717) is 23.0 Å². The van der Waals surface area contributed by atoms with Crippen LogP contribution in [0.5, 0.6) is 5.75 Å². The summed E-state index contributed by atoms with van der Waals surface area (Å²) >= 11 is 0. The van der Waals surface area contributed by atoms with Gasteiger partial charge >= 0.3 is 0 Å². The number of phenols is 1. The van der Waals surface area contributed by atoms with Gasteiger partial charge in [-0.05, 0) is 53.6 Å². The van der Waals surface area contributed by atoms with E-state index in [4.69, 9.17) is 0 Å². The van der Waals surface area contributed by atoms with E-state index in [1.807, 2.05) is 6.07 Å². The van der Waals surface area contributed by atoms with Gasteiger partial charge in [0.2, 0.25) is 5.56 Å². The van der Waals surface area contributed by atoms with E-state index < -0.39 is 6.10 Å². The van der Waals surface area contributed by atoms with Crippen molar-refractivity contribution in [2.24, 2.45) is 0 Å². The van der Waals surface area contributed by atoms with Crippen molar-refractivity contribution in [1.29, 1.82) is 0 Å². The number of hydrogen-bond donors (Lipinski definition) is 4. The largest absolute Gasteiger partial charge is 0.506 e. The number of aromatic nitrogens is 1. The maximum absolute atomic E-state index is 11.7. The summed E-state index contributed by atoms with van der Waals surface area (Å²) < 4.78 is 0. The highest BCUT2D eigenvalue weighted by molar-refractivity contribution is 5.87. The van der Waals surface area contributed by atoms with Crippen LogP contribution in [0.15, 0.2) is 83.7 Å². The minimum absolute atomic E-state index is 0.00611. The van der Waals surface area contributed by atoms with Gasteiger partial charge in [0.25, 0.3) is 0 Å². The van der Waals surface area contributed by atoms with Gasteiger partial charge in [0.15, 0.2) is 0 Å². The fourth-order valence-corrected chi connectivity index (χ4v) is 4.97. The average molecular weight is 427 g/mol. The van der Waals surface area contributed by atoms with Gasteiger partial charge in [-0.15, -0.1) is 0 Å². The third-order valence-electron chi connectivity index (χ3n) is 6.50. The summed E-state index contributed by atoms with van der Waals surface area (Å²) in [4.78, 5) is 14.4. The highest BCUT2D eigenvalue weighted by atomic mass is 16.3. The number of aromatic amines is 1. The van der Waals surface area contributed by atoms with Crippen LogP contribution in [0, 0.1) is 0 Å². The number of β-amino-alcohol motifs (C(OH)–C–C–N with tert-alkyl or cyclic N) is 1. The lowest BCUT2D eigenvalue weighted by Crippen LogP contribution is -2.49. The number of rotatable bonds is 6. The Bertz CT molecular complexity index is 1290. The molecule has 3 aromatic carbocycles. The van der Waals surface area contributed by atoms with Crippen LogP contribution in [0.25, 0.3) is 10.9 Å². The lowest BCUT2D eigenvalue weighted by molar-refractivity contribution is 0.157. The minimum atomic E-state index is -0.791. The summed E-state index contributed by atoms with van der Waals surface area (Å²) in [7, 11) is 0. The number of aromatic hydroxyl groups is 1. The SMILES string of the molecule is O=c1ccc2c([C@@H](O)CNC3(Cc4ccccc4)Cc4ccccc4C3)ccc(O)c2[nH]1. The first-order valence-electron chi connectivity index (χ1n) is 10.9. The molecule has 1 heterocycles. The maximum Gasteiger partial charge on any atom is 0.248 e. The molecule has 0 bridgehead atoms. The molecule has 0 fully saturated rings. The Morgan fingerprint density at radius 2 is 1.59 bits per heavy atom. The molecule has 0 aliphatic heterocycles. The van der Waals surface area contributed by atoms with Gasteiger partial charge in [-0.3, -0.25) is 4.79 Å². The molecular weight excluding hydrogens is 400 g/mol. The van der Waals surface area contributed by atoms with E-state index in [2.05, 4.69) is 58.8 Å². The molecule has 1 aliphatic rings. The van der Waals surface area contributed by atoms with Gasteiger partial charge in [0.1, 0.15) is 5.75 Å². The molecule has 5 heteroatoms. The molecular formula is C27H26N2O3. The molecule has 4 N–H and O–H groups in total. The van der Waals surface area contributed by atoms with E-state index in [9.17, 15) is 15.0 Å². The van der Waals surface area contributed by atoms with Gasteiger partial charge in [-0.2, -0.15) is 0 Å².